The van der Waals surface area contributed by atoms with Gasteiger partial charge in [-0.25, -0.2) is 4.98 Å². The zero-order valence-electron chi connectivity index (χ0n) is 9.60. The first-order chi connectivity index (χ1) is 7.04. The monoisotopic (exact) mass is 244 g/mol. The highest BCUT2D eigenvalue weighted by molar-refractivity contribution is 7.11. The molecule has 84 valence electrons. The molecule has 2 nitrogen and oxygen atoms in total. The summed E-state index contributed by atoms with van der Waals surface area (Å²) in [5, 5.41) is 4.55. The van der Waals surface area contributed by atoms with Crippen LogP contribution in [0.1, 0.15) is 35.5 Å². The Kier molecular flexibility index (Phi) is 4.77. The lowest BCUT2D eigenvalue weighted by atomic mass is 10.2. The zero-order chi connectivity index (χ0) is 11.4. The summed E-state index contributed by atoms with van der Waals surface area (Å²) in [6.07, 6.45) is 0. The highest BCUT2D eigenvalue weighted by Crippen LogP contribution is 2.24. The van der Waals surface area contributed by atoms with Crippen LogP contribution in [-0.4, -0.2) is 11.5 Å². The molecule has 1 aromatic heterocycles. The topological polar surface area (TPSA) is 24.9 Å². The average molecular weight is 245 g/mol. The quantitative estimate of drug-likeness (QED) is 0.876. The van der Waals surface area contributed by atoms with Gasteiger partial charge in [-0.15, -0.1) is 11.3 Å². The summed E-state index contributed by atoms with van der Waals surface area (Å²) < 4.78 is 0. The van der Waals surface area contributed by atoms with Crippen molar-refractivity contribution in [3.63, 3.8) is 0 Å². The van der Waals surface area contributed by atoms with E-state index in [0.717, 1.165) is 22.8 Å². The number of rotatable bonds is 4. The molecule has 0 aliphatic heterocycles. The summed E-state index contributed by atoms with van der Waals surface area (Å²) in [7, 11) is 0. The van der Waals surface area contributed by atoms with Crippen molar-refractivity contribution in [2.45, 2.75) is 33.7 Å². The highest BCUT2D eigenvalue weighted by Gasteiger charge is 2.11. The fraction of sp³-hybridized carbons (Fsp3) is 0.545. The van der Waals surface area contributed by atoms with Crippen LogP contribution in [0.4, 0.5) is 0 Å². The Morgan fingerprint density at radius 2 is 2.27 bits per heavy atom. The zero-order valence-corrected chi connectivity index (χ0v) is 11.2. The van der Waals surface area contributed by atoms with Crippen molar-refractivity contribution in [2.24, 2.45) is 0 Å². The number of thiazole rings is 1. The molecule has 0 bridgehead atoms. The lowest BCUT2D eigenvalue weighted by molar-refractivity contribution is 0.612. The van der Waals surface area contributed by atoms with E-state index in [9.17, 15) is 0 Å². The van der Waals surface area contributed by atoms with E-state index in [-0.39, 0.29) is 0 Å². The first-order valence-electron chi connectivity index (χ1n) is 4.97. The lowest BCUT2D eigenvalue weighted by Gasteiger charge is -2.12. The number of nitrogens with one attached hydrogen (secondary N) is 1. The van der Waals surface area contributed by atoms with Crippen molar-refractivity contribution < 1.29 is 0 Å². The van der Waals surface area contributed by atoms with E-state index in [1.165, 1.54) is 4.88 Å². The van der Waals surface area contributed by atoms with Gasteiger partial charge < -0.3 is 5.32 Å². The SMILES string of the molecule is CC(=CCl)CNC(C)c1sc(C)nc1C. The van der Waals surface area contributed by atoms with E-state index in [1.54, 1.807) is 16.9 Å². The third-order valence-corrected chi connectivity index (χ3v) is 3.83. The van der Waals surface area contributed by atoms with Gasteiger partial charge in [0.05, 0.1) is 10.7 Å². The van der Waals surface area contributed by atoms with Gasteiger partial charge in [-0.1, -0.05) is 11.6 Å². The van der Waals surface area contributed by atoms with E-state index in [1.807, 2.05) is 13.8 Å². The second kappa shape index (κ2) is 5.64. The standard InChI is InChI=1S/C11H17ClN2S/c1-7(5-12)6-13-8(2)11-9(3)14-10(4)15-11/h5,8,13H,6H2,1-4H3. The molecule has 4 heteroatoms. The molecule has 0 aliphatic rings. The van der Waals surface area contributed by atoms with Crippen molar-refractivity contribution in [1.29, 1.82) is 0 Å². The Labute approximate surface area is 100 Å². The summed E-state index contributed by atoms with van der Waals surface area (Å²) in [5.74, 6) is 0. The minimum absolute atomic E-state index is 0.336. The van der Waals surface area contributed by atoms with E-state index in [4.69, 9.17) is 11.6 Å². The van der Waals surface area contributed by atoms with Crippen molar-refractivity contribution >= 4 is 22.9 Å². The Hall–Kier alpha value is -0.380. The van der Waals surface area contributed by atoms with Crippen molar-refractivity contribution in [3.05, 3.63) is 26.7 Å². The number of hydrogen-bond acceptors (Lipinski definition) is 3. The number of aryl methyl sites for hydroxylation is 2. The van der Waals surface area contributed by atoms with Crippen LogP contribution in [-0.2, 0) is 0 Å². The molecule has 1 heterocycles. The molecule has 1 aromatic rings. The molecule has 1 atom stereocenters. The van der Waals surface area contributed by atoms with Crippen molar-refractivity contribution in [3.8, 4) is 0 Å². The average Bonchev–Trinajstić information content (AvgIpc) is 2.53. The van der Waals surface area contributed by atoms with Crippen LogP contribution in [0.15, 0.2) is 11.1 Å². The normalized spacial score (nSPS) is 14.3. The molecule has 15 heavy (non-hydrogen) atoms. The van der Waals surface area contributed by atoms with Gasteiger partial charge in [-0.2, -0.15) is 0 Å². The predicted octanol–water partition coefficient (Wildman–Crippen LogP) is 3.55. The number of halogens is 1. The molecule has 0 saturated heterocycles. The van der Waals surface area contributed by atoms with Crippen molar-refractivity contribution in [2.75, 3.05) is 6.54 Å². The minimum Gasteiger partial charge on any atom is -0.306 e. The second-order valence-electron chi connectivity index (χ2n) is 3.74. The molecule has 0 aliphatic carbocycles. The molecule has 1 N–H and O–H groups in total. The number of nitrogens with zero attached hydrogens (tertiary/aromatic N) is 1. The van der Waals surface area contributed by atoms with Gasteiger partial charge in [-0.05, 0) is 33.3 Å². The molecule has 0 radical (unpaired) electrons. The van der Waals surface area contributed by atoms with Gasteiger partial charge >= 0.3 is 0 Å². The first kappa shape index (κ1) is 12.7. The fourth-order valence-electron chi connectivity index (χ4n) is 1.39. The van der Waals surface area contributed by atoms with Crippen LogP contribution in [0.25, 0.3) is 0 Å². The van der Waals surface area contributed by atoms with E-state index in [0.29, 0.717) is 6.04 Å². The van der Waals surface area contributed by atoms with Crippen LogP contribution >= 0.6 is 22.9 Å². The lowest BCUT2D eigenvalue weighted by Crippen LogP contribution is -2.20. The maximum atomic E-state index is 5.61. The maximum Gasteiger partial charge on any atom is 0.0900 e. The summed E-state index contributed by atoms with van der Waals surface area (Å²) in [6, 6.07) is 0.336. The molecule has 0 fully saturated rings. The van der Waals surface area contributed by atoms with Gasteiger partial charge in [0.1, 0.15) is 0 Å². The van der Waals surface area contributed by atoms with Crippen LogP contribution in [0.3, 0.4) is 0 Å². The van der Waals surface area contributed by atoms with Crippen LogP contribution in [0, 0.1) is 13.8 Å². The fourth-order valence-corrected chi connectivity index (χ4v) is 2.43. The first-order valence-corrected chi connectivity index (χ1v) is 6.23. The van der Waals surface area contributed by atoms with Gasteiger partial charge in [0.15, 0.2) is 0 Å². The highest BCUT2D eigenvalue weighted by atomic mass is 35.5. The summed E-state index contributed by atoms with van der Waals surface area (Å²) in [6.45, 7) is 9.08. The van der Waals surface area contributed by atoms with Gasteiger partial charge in [0, 0.05) is 23.0 Å². The molecule has 0 amide bonds. The van der Waals surface area contributed by atoms with Crippen LogP contribution in [0.2, 0.25) is 0 Å². The Balaban J connectivity index is 2.61. The second-order valence-corrected chi connectivity index (χ2v) is 5.19. The number of hydrogen-bond donors (Lipinski definition) is 1. The predicted molar refractivity (Wildman–Crippen MR) is 67.6 cm³/mol. The maximum absolute atomic E-state index is 5.61. The molecular formula is C11H17ClN2S. The molecule has 1 unspecified atom stereocenters. The van der Waals surface area contributed by atoms with E-state index >= 15 is 0 Å². The Bertz CT molecular complexity index is 357. The smallest absolute Gasteiger partial charge is 0.0900 e. The Morgan fingerprint density at radius 3 is 2.73 bits per heavy atom. The van der Waals surface area contributed by atoms with Gasteiger partial charge in [0.25, 0.3) is 0 Å². The number of aromatic nitrogens is 1. The third-order valence-electron chi connectivity index (χ3n) is 2.21. The molecule has 0 spiro atoms. The van der Waals surface area contributed by atoms with Gasteiger partial charge in [0.2, 0.25) is 0 Å². The van der Waals surface area contributed by atoms with Gasteiger partial charge in [-0.3, -0.25) is 0 Å². The molecule has 0 saturated carbocycles. The van der Waals surface area contributed by atoms with Crippen LogP contribution in [0.5, 0.6) is 0 Å². The summed E-state index contributed by atoms with van der Waals surface area (Å²) >= 11 is 7.36. The largest absolute Gasteiger partial charge is 0.306 e. The molecule has 1 rings (SSSR count). The van der Waals surface area contributed by atoms with Crippen LogP contribution < -0.4 is 5.32 Å². The van der Waals surface area contributed by atoms with Crippen molar-refractivity contribution in [1.82, 2.24) is 10.3 Å². The summed E-state index contributed by atoms with van der Waals surface area (Å²) in [5.41, 5.74) is 3.89. The Morgan fingerprint density at radius 1 is 1.60 bits per heavy atom. The van der Waals surface area contributed by atoms with E-state index in [2.05, 4.69) is 24.1 Å². The van der Waals surface area contributed by atoms with E-state index < -0.39 is 0 Å². The molecule has 0 aromatic carbocycles. The minimum atomic E-state index is 0.336. The summed E-state index contributed by atoms with van der Waals surface area (Å²) in [4.78, 5) is 5.73. The third kappa shape index (κ3) is 3.59. The molecular weight excluding hydrogens is 228 g/mol.